The number of carbonyl (C=O) groups is 2. The first-order valence-electron chi connectivity index (χ1n) is 4.65. The molecule has 88 valence electrons. The number of nitrogens with one attached hydrogen (secondary N) is 1. The van der Waals surface area contributed by atoms with Gasteiger partial charge in [0.05, 0.1) is 10.6 Å². The molecule has 1 fully saturated rings. The summed E-state index contributed by atoms with van der Waals surface area (Å²) in [7, 11) is 0. The van der Waals surface area contributed by atoms with E-state index in [9.17, 15) is 19.7 Å². The molecule has 1 atom stereocenters. The van der Waals surface area contributed by atoms with Gasteiger partial charge in [-0.2, -0.15) is 0 Å². The summed E-state index contributed by atoms with van der Waals surface area (Å²) >= 11 is 0. The first-order valence-corrected chi connectivity index (χ1v) is 4.65. The van der Waals surface area contributed by atoms with Gasteiger partial charge in [-0.05, 0) is 12.1 Å². The number of amides is 2. The van der Waals surface area contributed by atoms with Crippen molar-refractivity contribution in [2.45, 2.75) is 6.04 Å². The van der Waals surface area contributed by atoms with Crippen molar-refractivity contribution in [2.75, 3.05) is 5.01 Å². The number of hydrogen-bond acceptors (Lipinski definition) is 5. The Morgan fingerprint density at radius 1 is 1.29 bits per heavy atom. The van der Waals surface area contributed by atoms with E-state index in [0.29, 0.717) is 5.69 Å². The van der Waals surface area contributed by atoms with Gasteiger partial charge < -0.3 is 5.73 Å². The van der Waals surface area contributed by atoms with Gasteiger partial charge in [-0.15, -0.1) is 0 Å². The topological polar surface area (TPSA) is 119 Å². The van der Waals surface area contributed by atoms with Crippen LogP contribution in [0.15, 0.2) is 24.3 Å². The first kappa shape index (κ1) is 11.0. The molecule has 1 aliphatic heterocycles. The molecule has 1 aromatic carbocycles. The van der Waals surface area contributed by atoms with Crippen molar-refractivity contribution in [1.29, 1.82) is 0 Å². The van der Waals surface area contributed by atoms with Crippen molar-refractivity contribution in [1.82, 2.24) is 5.43 Å². The zero-order chi connectivity index (χ0) is 12.6. The molecule has 1 heterocycles. The molecule has 1 saturated heterocycles. The van der Waals surface area contributed by atoms with E-state index in [0.717, 1.165) is 5.01 Å². The summed E-state index contributed by atoms with van der Waals surface area (Å²) in [5, 5.41) is 11.4. The fourth-order valence-electron chi connectivity index (χ4n) is 1.40. The van der Waals surface area contributed by atoms with Crippen LogP contribution in [0.5, 0.6) is 0 Å². The summed E-state index contributed by atoms with van der Waals surface area (Å²) in [5.74, 6) is -1.20. The average Bonchev–Trinajstić information content (AvgIpc) is 2.57. The van der Waals surface area contributed by atoms with E-state index >= 15 is 0 Å². The number of anilines is 1. The molecule has 0 saturated carbocycles. The second-order valence-corrected chi connectivity index (χ2v) is 3.40. The van der Waals surface area contributed by atoms with Crippen LogP contribution in [-0.2, 0) is 9.59 Å². The van der Waals surface area contributed by atoms with E-state index in [1.807, 2.05) is 0 Å². The van der Waals surface area contributed by atoms with Gasteiger partial charge in [0.25, 0.3) is 17.5 Å². The van der Waals surface area contributed by atoms with Crippen LogP contribution in [0.4, 0.5) is 11.4 Å². The van der Waals surface area contributed by atoms with Crippen molar-refractivity contribution in [3.63, 3.8) is 0 Å². The number of benzene rings is 1. The molecule has 1 aliphatic rings. The molecule has 0 spiro atoms. The molecule has 2 amide bonds. The summed E-state index contributed by atoms with van der Waals surface area (Å²) in [4.78, 5) is 32.5. The number of carbonyl (C=O) groups excluding carboxylic acids is 2. The predicted molar refractivity (Wildman–Crippen MR) is 56.7 cm³/mol. The molecular formula is C9H8N4O4. The molecule has 8 heteroatoms. The van der Waals surface area contributed by atoms with E-state index in [4.69, 9.17) is 5.73 Å². The monoisotopic (exact) mass is 236 g/mol. The standard InChI is InChI=1S/C9H8N4O4/c10-7-8(14)11-12(9(7)15)5-1-3-6(4-2-5)13(16)17/h1-4,7H,10H2,(H,11,14). The molecule has 0 bridgehead atoms. The number of nitro groups is 1. The van der Waals surface area contributed by atoms with Crippen molar-refractivity contribution < 1.29 is 14.5 Å². The summed E-state index contributed by atoms with van der Waals surface area (Å²) in [6.45, 7) is 0. The smallest absolute Gasteiger partial charge is 0.272 e. The maximum atomic E-state index is 11.5. The largest absolute Gasteiger partial charge is 0.312 e. The van der Waals surface area contributed by atoms with E-state index in [1.165, 1.54) is 24.3 Å². The lowest BCUT2D eigenvalue weighted by Crippen LogP contribution is -2.36. The number of rotatable bonds is 2. The van der Waals surface area contributed by atoms with Crippen LogP contribution < -0.4 is 16.2 Å². The molecule has 8 nitrogen and oxygen atoms in total. The van der Waals surface area contributed by atoms with Gasteiger partial charge in [-0.3, -0.25) is 25.1 Å². The highest BCUT2D eigenvalue weighted by molar-refractivity contribution is 6.17. The Bertz CT molecular complexity index is 498. The van der Waals surface area contributed by atoms with E-state index in [2.05, 4.69) is 5.43 Å². The minimum Gasteiger partial charge on any atom is -0.312 e. The summed E-state index contributed by atoms with van der Waals surface area (Å²) in [5.41, 5.74) is 7.80. The second kappa shape index (κ2) is 3.83. The lowest BCUT2D eigenvalue weighted by molar-refractivity contribution is -0.384. The minimum atomic E-state index is -1.23. The molecule has 3 N–H and O–H groups in total. The van der Waals surface area contributed by atoms with E-state index in [1.54, 1.807) is 0 Å². The highest BCUT2D eigenvalue weighted by Gasteiger charge is 2.37. The summed E-state index contributed by atoms with van der Waals surface area (Å²) < 4.78 is 0. The Kier molecular flexibility index (Phi) is 2.48. The number of hydrogen-bond donors (Lipinski definition) is 2. The van der Waals surface area contributed by atoms with Gasteiger partial charge in [0, 0.05) is 12.1 Å². The summed E-state index contributed by atoms with van der Waals surface area (Å²) in [6, 6.07) is 3.95. The average molecular weight is 236 g/mol. The fourth-order valence-corrected chi connectivity index (χ4v) is 1.40. The lowest BCUT2D eigenvalue weighted by Gasteiger charge is -2.14. The van der Waals surface area contributed by atoms with E-state index < -0.39 is 22.8 Å². The number of nitrogens with two attached hydrogens (primary N) is 1. The lowest BCUT2D eigenvalue weighted by atomic mass is 10.2. The Labute approximate surface area is 95.1 Å². The van der Waals surface area contributed by atoms with Gasteiger partial charge in [-0.25, -0.2) is 5.01 Å². The van der Waals surface area contributed by atoms with Crippen LogP contribution >= 0.6 is 0 Å². The number of nitrogens with zero attached hydrogens (tertiary/aromatic N) is 2. The van der Waals surface area contributed by atoms with Gasteiger partial charge >= 0.3 is 0 Å². The first-order chi connectivity index (χ1) is 8.00. The normalized spacial score (nSPS) is 19.4. The van der Waals surface area contributed by atoms with Crippen LogP contribution in [0.3, 0.4) is 0 Å². The predicted octanol–water partition coefficient (Wildman–Crippen LogP) is -0.700. The third kappa shape index (κ3) is 1.81. The van der Waals surface area contributed by atoms with Crippen LogP contribution in [0, 0.1) is 10.1 Å². The van der Waals surface area contributed by atoms with Crippen LogP contribution in [-0.4, -0.2) is 22.8 Å². The van der Waals surface area contributed by atoms with Crippen molar-refractivity contribution >= 4 is 23.2 Å². The molecule has 2 rings (SSSR count). The van der Waals surface area contributed by atoms with Crippen LogP contribution in [0.25, 0.3) is 0 Å². The van der Waals surface area contributed by atoms with Crippen LogP contribution in [0.1, 0.15) is 0 Å². The third-order valence-electron chi connectivity index (χ3n) is 2.31. The SMILES string of the molecule is NC1C(=O)NN(c2ccc([N+](=O)[O-])cc2)C1=O. The molecule has 0 aromatic heterocycles. The van der Waals surface area contributed by atoms with Gasteiger partial charge in [-0.1, -0.05) is 0 Å². The van der Waals surface area contributed by atoms with Crippen LogP contribution in [0.2, 0.25) is 0 Å². The molecule has 1 unspecified atom stereocenters. The summed E-state index contributed by atoms with van der Waals surface area (Å²) in [6.07, 6.45) is 0. The second-order valence-electron chi connectivity index (χ2n) is 3.40. The molecular weight excluding hydrogens is 228 g/mol. The Balaban J connectivity index is 2.27. The van der Waals surface area contributed by atoms with Gasteiger partial charge in [0.15, 0.2) is 6.04 Å². The fraction of sp³-hybridized carbons (Fsp3) is 0.111. The van der Waals surface area contributed by atoms with Crippen molar-refractivity contribution in [3.05, 3.63) is 34.4 Å². The number of non-ortho nitro benzene ring substituents is 1. The Hall–Kier alpha value is -2.48. The Morgan fingerprint density at radius 2 is 1.88 bits per heavy atom. The molecule has 17 heavy (non-hydrogen) atoms. The number of nitro benzene ring substituents is 1. The van der Waals surface area contributed by atoms with Crippen molar-refractivity contribution in [2.24, 2.45) is 5.73 Å². The highest BCUT2D eigenvalue weighted by atomic mass is 16.6. The number of hydrazine groups is 1. The van der Waals surface area contributed by atoms with Gasteiger partial charge in [0.1, 0.15) is 0 Å². The highest BCUT2D eigenvalue weighted by Crippen LogP contribution is 2.20. The molecule has 1 aromatic rings. The zero-order valence-electron chi connectivity index (χ0n) is 8.49. The third-order valence-corrected chi connectivity index (χ3v) is 2.31. The van der Waals surface area contributed by atoms with E-state index in [-0.39, 0.29) is 5.69 Å². The maximum Gasteiger partial charge on any atom is 0.272 e. The zero-order valence-corrected chi connectivity index (χ0v) is 8.49. The van der Waals surface area contributed by atoms with Gasteiger partial charge in [0.2, 0.25) is 0 Å². The minimum absolute atomic E-state index is 0.101. The molecule has 0 aliphatic carbocycles. The maximum absolute atomic E-state index is 11.5. The quantitative estimate of drug-likeness (QED) is 0.400. The van der Waals surface area contributed by atoms with Crippen molar-refractivity contribution in [3.8, 4) is 0 Å². The molecule has 0 radical (unpaired) electrons. The Morgan fingerprint density at radius 3 is 2.29 bits per heavy atom.